The second-order valence-corrected chi connectivity index (χ2v) is 10.7. The first-order chi connectivity index (χ1) is 16.0. The van der Waals surface area contributed by atoms with Crippen molar-refractivity contribution >= 4 is 43.8 Å². The van der Waals surface area contributed by atoms with Crippen molar-refractivity contribution in [1.82, 2.24) is 9.88 Å². The molecule has 3 heterocycles. The SMILES string of the molecule is COc1ccc(CC(=O)Nc2sc3c(c2-c2nc4ccccc4s2)CCN(C(C)C)C3)cc1. The molecule has 0 atom stereocenters. The van der Waals surface area contributed by atoms with Crippen LogP contribution in [0, 0.1) is 0 Å². The quantitative estimate of drug-likeness (QED) is 0.371. The van der Waals surface area contributed by atoms with E-state index in [4.69, 9.17) is 9.72 Å². The number of aromatic nitrogens is 1. The van der Waals surface area contributed by atoms with E-state index in [1.165, 1.54) is 15.1 Å². The van der Waals surface area contributed by atoms with Crippen LogP contribution in [0.15, 0.2) is 48.5 Å². The largest absolute Gasteiger partial charge is 0.497 e. The fraction of sp³-hybridized carbons (Fsp3) is 0.308. The predicted octanol–water partition coefficient (Wildman–Crippen LogP) is 5.98. The molecule has 33 heavy (non-hydrogen) atoms. The van der Waals surface area contributed by atoms with Gasteiger partial charge in [0.2, 0.25) is 5.91 Å². The van der Waals surface area contributed by atoms with Crippen LogP contribution in [-0.4, -0.2) is 35.5 Å². The number of nitrogens with one attached hydrogen (secondary N) is 1. The number of hydrogen-bond acceptors (Lipinski definition) is 6. The number of benzene rings is 2. The summed E-state index contributed by atoms with van der Waals surface area (Å²) in [5.41, 5.74) is 4.42. The van der Waals surface area contributed by atoms with Gasteiger partial charge >= 0.3 is 0 Å². The Kier molecular flexibility index (Phi) is 6.19. The van der Waals surface area contributed by atoms with Crippen molar-refractivity contribution in [2.24, 2.45) is 0 Å². The number of thiophene rings is 1. The fourth-order valence-corrected chi connectivity index (χ4v) is 6.66. The Morgan fingerprint density at radius 2 is 1.94 bits per heavy atom. The van der Waals surface area contributed by atoms with Gasteiger partial charge in [-0.1, -0.05) is 24.3 Å². The van der Waals surface area contributed by atoms with Gasteiger partial charge in [0.1, 0.15) is 15.8 Å². The minimum absolute atomic E-state index is 0.0122. The molecule has 1 aliphatic heterocycles. The molecule has 0 radical (unpaired) electrons. The molecule has 7 heteroatoms. The minimum atomic E-state index is -0.0122. The van der Waals surface area contributed by atoms with Gasteiger partial charge in [-0.05, 0) is 55.7 Å². The molecular formula is C26H27N3O2S2. The van der Waals surface area contributed by atoms with Crippen LogP contribution in [0.2, 0.25) is 0 Å². The smallest absolute Gasteiger partial charge is 0.229 e. The van der Waals surface area contributed by atoms with E-state index in [-0.39, 0.29) is 5.91 Å². The zero-order chi connectivity index (χ0) is 22.9. The van der Waals surface area contributed by atoms with E-state index in [0.29, 0.717) is 12.5 Å². The van der Waals surface area contributed by atoms with Crippen LogP contribution < -0.4 is 10.1 Å². The highest BCUT2D eigenvalue weighted by Gasteiger charge is 2.28. The average Bonchev–Trinajstić information content (AvgIpc) is 3.39. The normalized spacial score (nSPS) is 13.9. The summed E-state index contributed by atoms with van der Waals surface area (Å²) in [5, 5.41) is 5.14. The molecule has 170 valence electrons. The van der Waals surface area contributed by atoms with Crippen molar-refractivity contribution in [3.05, 3.63) is 64.5 Å². The van der Waals surface area contributed by atoms with Crippen LogP contribution >= 0.6 is 22.7 Å². The van der Waals surface area contributed by atoms with Gasteiger partial charge in [-0.25, -0.2) is 4.98 Å². The van der Waals surface area contributed by atoms with Gasteiger partial charge in [0.25, 0.3) is 0 Å². The third kappa shape index (κ3) is 4.53. The third-order valence-electron chi connectivity index (χ3n) is 6.10. The molecule has 0 spiro atoms. The summed E-state index contributed by atoms with van der Waals surface area (Å²) >= 11 is 3.41. The molecule has 1 amide bonds. The lowest BCUT2D eigenvalue weighted by Gasteiger charge is -2.30. The van der Waals surface area contributed by atoms with E-state index in [2.05, 4.69) is 36.2 Å². The Bertz CT molecular complexity index is 1260. The number of para-hydroxylation sites is 1. The number of nitrogens with zero attached hydrogens (tertiary/aromatic N) is 2. The highest BCUT2D eigenvalue weighted by atomic mass is 32.1. The van der Waals surface area contributed by atoms with Crippen LogP contribution in [0.3, 0.4) is 0 Å². The van der Waals surface area contributed by atoms with Crippen molar-refractivity contribution in [3.63, 3.8) is 0 Å². The summed E-state index contributed by atoms with van der Waals surface area (Å²) < 4.78 is 6.39. The molecule has 0 fully saturated rings. The van der Waals surface area contributed by atoms with Gasteiger partial charge in [-0.3, -0.25) is 9.69 Å². The average molecular weight is 478 g/mol. The van der Waals surface area contributed by atoms with Crippen LogP contribution in [-0.2, 0) is 24.2 Å². The van der Waals surface area contributed by atoms with Gasteiger partial charge in [-0.2, -0.15) is 0 Å². The highest BCUT2D eigenvalue weighted by molar-refractivity contribution is 7.22. The first kappa shape index (κ1) is 22.1. The Hall–Kier alpha value is -2.74. The van der Waals surface area contributed by atoms with Gasteiger partial charge in [0.05, 0.1) is 23.7 Å². The van der Waals surface area contributed by atoms with E-state index < -0.39 is 0 Å². The first-order valence-electron chi connectivity index (χ1n) is 11.2. The number of carbonyl (C=O) groups excluding carboxylic acids is 1. The summed E-state index contributed by atoms with van der Waals surface area (Å²) in [6.07, 6.45) is 1.30. The Labute approximate surface area is 202 Å². The summed E-state index contributed by atoms with van der Waals surface area (Å²) in [6, 6.07) is 16.4. The molecule has 2 aromatic carbocycles. The third-order valence-corrected chi connectivity index (χ3v) is 8.29. The molecule has 0 saturated heterocycles. The molecule has 0 aliphatic carbocycles. The van der Waals surface area contributed by atoms with Crippen molar-refractivity contribution in [2.45, 2.75) is 39.3 Å². The number of hydrogen-bond donors (Lipinski definition) is 1. The molecule has 2 aromatic heterocycles. The summed E-state index contributed by atoms with van der Waals surface area (Å²) in [6.45, 7) is 6.43. The molecule has 1 aliphatic rings. The molecule has 0 unspecified atom stereocenters. The zero-order valence-corrected chi connectivity index (χ0v) is 20.7. The van der Waals surface area contributed by atoms with Gasteiger partial charge < -0.3 is 10.1 Å². The van der Waals surface area contributed by atoms with E-state index in [1.54, 1.807) is 29.8 Å². The lowest BCUT2D eigenvalue weighted by Crippen LogP contribution is -2.35. The second kappa shape index (κ2) is 9.25. The lowest BCUT2D eigenvalue weighted by atomic mass is 10.0. The van der Waals surface area contributed by atoms with Crippen molar-refractivity contribution < 1.29 is 9.53 Å². The molecule has 0 bridgehead atoms. The fourth-order valence-electron chi connectivity index (χ4n) is 4.26. The first-order valence-corrected chi connectivity index (χ1v) is 12.8. The van der Waals surface area contributed by atoms with E-state index in [1.807, 2.05) is 36.4 Å². The van der Waals surface area contributed by atoms with E-state index in [9.17, 15) is 4.79 Å². The molecule has 5 nitrogen and oxygen atoms in total. The number of fused-ring (bicyclic) bond motifs is 2. The summed E-state index contributed by atoms with van der Waals surface area (Å²) in [5.74, 6) is 0.778. The van der Waals surface area contributed by atoms with Gasteiger partial charge in [-0.15, -0.1) is 22.7 Å². The van der Waals surface area contributed by atoms with Gasteiger partial charge in [0, 0.05) is 29.6 Å². The molecule has 4 aromatic rings. The molecule has 5 rings (SSSR count). The maximum atomic E-state index is 13.0. The van der Waals surface area contributed by atoms with Crippen molar-refractivity contribution in [2.75, 3.05) is 19.0 Å². The zero-order valence-electron chi connectivity index (χ0n) is 19.1. The topological polar surface area (TPSA) is 54.5 Å². The number of rotatable bonds is 6. The number of amides is 1. The van der Waals surface area contributed by atoms with Crippen LogP contribution in [0.4, 0.5) is 5.00 Å². The number of anilines is 1. The second-order valence-electron chi connectivity index (χ2n) is 8.58. The maximum absolute atomic E-state index is 13.0. The highest BCUT2D eigenvalue weighted by Crippen LogP contribution is 2.45. The summed E-state index contributed by atoms with van der Waals surface area (Å²) in [4.78, 5) is 21.8. The van der Waals surface area contributed by atoms with Crippen molar-refractivity contribution in [1.29, 1.82) is 0 Å². The number of methoxy groups -OCH3 is 1. The predicted molar refractivity (Wildman–Crippen MR) is 138 cm³/mol. The Morgan fingerprint density at radius 1 is 1.15 bits per heavy atom. The van der Waals surface area contributed by atoms with Crippen LogP contribution in [0.1, 0.15) is 29.9 Å². The molecular weight excluding hydrogens is 450 g/mol. The Morgan fingerprint density at radius 3 is 2.67 bits per heavy atom. The number of thiazole rings is 1. The monoisotopic (exact) mass is 477 g/mol. The molecule has 0 saturated carbocycles. The standard InChI is InChI=1S/C26H27N3O2S2/c1-16(2)29-13-12-19-22(15-29)33-26(24(19)25-27-20-6-4-5-7-21(20)32-25)28-23(30)14-17-8-10-18(31-3)11-9-17/h4-11,16H,12-15H2,1-3H3,(H,28,30). The molecule has 1 N–H and O–H groups in total. The van der Waals surface area contributed by atoms with E-state index in [0.717, 1.165) is 51.9 Å². The van der Waals surface area contributed by atoms with E-state index >= 15 is 0 Å². The van der Waals surface area contributed by atoms with Crippen LogP contribution in [0.25, 0.3) is 20.8 Å². The minimum Gasteiger partial charge on any atom is -0.497 e. The Balaban J connectivity index is 1.48. The van der Waals surface area contributed by atoms with Crippen LogP contribution in [0.5, 0.6) is 5.75 Å². The number of carbonyl (C=O) groups is 1. The summed E-state index contributed by atoms with van der Waals surface area (Å²) in [7, 11) is 1.64. The number of ether oxygens (including phenoxy) is 1. The lowest BCUT2D eigenvalue weighted by molar-refractivity contribution is -0.115. The maximum Gasteiger partial charge on any atom is 0.229 e. The van der Waals surface area contributed by atoms with Crippen molar-refractivity contribution in [3.8, 4) is 16.3 Å². The van der Waals surface area contributed by atoms with Gasteiger partial charge in [0.15, 0.2) is 0 Å².